The standard InChI is InChI=1S/C19H23O4P/c1-6-21-24(20)22-18-14(4)7-12(2)9-16(18)11-17-10-13(3)8-15(5)19(17)23-24/h7-10H,6,11H2,1-5H3. The van der Waals surface area contributed by atoms with E-state index in [1.54, 1.807) is 6.92 Å². The average Bonchev–Trinajstić information content (AvgIpc) is 2.45. The number of hydrogen-bond donors (Lipinski definition) is 0. The normalized spacial score (nSPS) is 15.4. The lowest BCUT2D eigenvalue weighted by Gasteiger charge is -2.26. The highest BCUT2D eigenvalue weighted by Gasteiger charge is 2.35. The van der Waals surface area contributed by atoms with Gasteiger partial charge in [-0.15, -0.1) is 0 Å². The molecule has 24 heavy (non-hydrogen) atoms. The van der Waals surface area contributed by atoms with Crippen LogP contribution in [0.4, 0.5) is 0 Å². The summed E-state index contributed by atoms with van der Waals surface area (Å²) < 4.78 is 30.1. The van der Waals surface area contributed by atoms with Crippen molar-refractivity contribution < 1.29 is 18.1 Å². The maximum Gasteiger partial charge on any atom is 0.587 e. The molecule has 0 saturated carbocycles. The van der Waals surface area contributed by atoms with E-state index in [-0.39, 0.29) is 6.61 Å². The summed E-state index contributed by atoms with van der Waals surface area (Å²) in [5.41, 5.74) is 6.16. The molecule has 2 aromatic carbocycles. The Hall–Kier alpha value is -1.77. The summed E-state index contributed by atoms with van der Waals surface area (Å²) in [5.74, 6) is 1.20. The minimum atomic E-state index is -3.73. The largest absolute Gasteiger partial charge is 0.587 e. The van der Waals surface area contributed by atoms with Crippen LogP contribution in [0.25, 0.3) is 0 Å². The molecular weight excluding hydrogens is 323 g/mol. The number of phosphoric ester groups is 1. The molecule has 0 aliphatic carbocycles. The first kappa shape index (κ1) is 17.1. The Morgan fingerprint density at radius 3 is 1.79 bits per heavy atom. The minimum Gasteiger partial charge on any atom is -0.394 e. The van der Waals surface area contributed by atoms with Crippen LogP contribution < -0.4 is 9.05 Å². The lowest BCUT2D eigenvalue weighted by atomic mass is 9.96. The van der Waals surface area contributed by atoms with E-state index in [4.69, 9.17) is 13.6 Å². The molecule has 0 fully saturated rings. The van der Waals surface area contributed by atoms with Gasteiger partial charge in [0.15, 0.2) is 0 Å². The van der Waals surface area contributed by atoms with E-state index in [9.17, 15) is 4.57 Å². The van der Waals surface area contributed by atoms with E-state index in [0.29, 0.717) is 17.9 Å². The van der Waals surface area contributed by atoms with Crippen LogP contribution in [0, 0.1) is 27.7 Å². The second kappa shape index (κ2) is 6.27. The molecule has 3 rings (SSSR count). The van der Waals surface area contributed by atoms with Gasteiger partial charge in [0.1, 0.15) is 11.5 Å². The molecule has 0 unspecified atom stereocenters. The molecule has 128 valence electrons. The van der Waals surface area contributed by atoms with Gasteiger partial charge in [0.25, 0.3) is 0 Å². The Morgan fingerprint density at radius 2 is 1.38 bits per heavy atom. The fourth-order valence-corrected chi connectivity index (χ4v) is 4.70. The average molecular weight is 346 g/mol. The maximum atomic E-state index is 13.1. The molecule has 0 atom stereocenters. The molecular formula is C19H23O4P. The summed E-state index contributed by atoms with van der Waals surface area (Å²) in [7, 11) is -3.73. The highest BCUT2D eigenvalue weighted by atomic mass is 31.2. The summed E-state index contributed by atoms with van der Waals surface area (Å²) in [6, 6.07) is 8.18. The Bertz CT molecular complexity index is 778. The molecule has 4 nitrogen and oxygen atoms in total. The maximum absolute atomic E-state index is 13.1. The highest BCUT2D eigenvalue weighted by molar-refractivity contribution is 7.49. The molecule has 0 spiro atoms. The third kappa shape index (κ3) is 3.22. The Labute approximate surface area is 143 Å². The van der Waals surface area contributed by atoms with E-state index in [1.165, 1.54) is 0 Å². The van der Waals surface area contributed by atoms with Gasteiger partial charge in [0.2, 0.25) is 0 Å². The first-order chi connectivity index (χ1) is 11.3. The highest BCUT2D eigenvalue weighted by Crippen LogP contribution is 2.54. The van der Waals surface area contributed by atoms with Gasteiger partial charge in [-0.3, -0.25) is 4.52 Å². The van der Waals surface area contributed by atoms with Gasteiger partial charge in [-0.05, 0) is 56.9 Å². The van der Waals surface area contributed by atoms with Crippen molar-refractivity contribution in [1.29, 1.82) is 0 Å². The predicted molar refractivity (Wildman–Crippen MR) is 95.1 cm³/mol. The molecule has 5 heteroatoms. The third-order valence-electron chi connectivity index (χ3n) is 4.07. The molecule has 1 aliphatic rings. The van der Waals surface area contributed by atoms with Crippen LogP contribution in [0.1, 0.15) is 40.3 Å². The van der Waals surface area contributed by atoms with E-state index >= 15 is 0 Å². The smallest absolute Gasteiger partial charge is 0.394 e. The number of phosphoric acid groups is 1. The molecule has 2 aromatic rings. The van der Waals surface area contributed by atoms with Gasteiger partial charge in [-0.1, -0.05) is 35.4 Å². The van der Waals surface area contributed by atoms with Crippen LogP contribution in [0.3, 0.4) is 0 Å². The lowest BCUT2D eigenvalue weighted by molar-refractivity contribution is 0.216. The fraction of sp³-hybridized carbons (Fsp3) is 0.368. The molecule has 0 bridgehead atoms. The molecule has 1 aliphatic heterocycles. The molecule has 0 amide bonds. The third-order valence-corrected chi connectivity index (χ3v) is 5.45. The van der Waals surface area contributed by atoms with Crippen LogP contribution in [-0.2, 0) is 15.5 Å². The predicted octanol–water partition coefficient (Wildman–Crippen LogP) is 5.43. The van der Waals surface area contributed by atoms with Crippen LogP contribution >= 0.6 is 7.82 Å². The van der Waals surface area contributed by atoms with Gasteiger partial charge in [0.05, 0.1) is 6.61 Å². The first-order valence-electron chi connectivity index (χ1n) is 8.15. The number of hydrogen-bond acceptors (Lipinski definition) is 4. The van der Waals surface area contributed by atoms with Gasteiger partial charge in [0, 0.05) is 6.42 Å². The summed E-state index contributed by atoms with van der Waals surface area (Å²) in [6.07, 6.45) is 0.668. The second-order valence-corrected chi connectivity index (χ2v) is 7.88. The Morgan fingerprint density at radius 1 is 0.917 bits per heavy atom. The van der Waals surface area contributed by atoms with Gasteiger partial charge in [-0.2, -0.15) is 0 Å². The summed E-state index contributed by atoms with van der Waals surface area (Å²) in [4.78, 5) is 0. The fourth-order valence-electron chi connectivity index (χ4n) is 3.27. The van der Waals surface area contributed by atoms with Crippen molar-refractivity contribution in [1.82, 2.24) is 0 Å². The Kier molecular flexibility index (Phi) is 4.46. The lowest BCUT2D eigenvalue weighted by Crippen LogP contribution is -2.12. The zero-order chi connectivity index (χ0) is 17.5. The van der Waals surface area contributed by atoms with E-state index in [2.05, 4.69) is 12.1 Å². The molecule has 0 radical (unpaired) electrons. The molecule has 0 N–H and O–H groups in total. The van der Waals surface area contributed by atoms with Crippen LogP contribution in [-0.4, -0.2) is 6.61 Å². The summed E-state index contributed by atoms with van der Waals surface area (Å²) in [6.45, 7) is 10.0. The van der Waals surface area contributed by atoms with Gasteiger partial charge >= 0.3 is 7.82 Å². The summed E-state index contributed by atoms with van der Waals surface area (Å²) in [5, 5.41) is 0. The van der Waals surface area contributed by atoms with Crippen LogP contribution in [0.15, 0.2) is 24.3 Å². The zero-order valence-corrected chi connectivity index (χ0v) is 15.7. The Balaban J connectivity index is 2.25. The topological polar surface area (TPSA) is 44.8 Å². The minimum absolute atomic E-state index is 0.248. The van der Waals surface area contributed by atoms with Crippen molar-refractivity contribution in [2.24, 2.45) is 0 Å². The van der Waals surface area contributed by atoms with E-state index < -0.39 is 7.82 Å². The van der Waals surface area contributed by atoms with E-state index in [1.807, 2.05) is 39.8 Å². The quantitative estimate of drug-likeness (QED) is 0.681. The van der Waals surface area contributed by atoms with Crippen molar-refractivity contribution in [3.8, 4) is 11.5 Å². The van der Waals surface area contributed by atoms with Crippen molar-refractivity contribution in [2.75, 3.05) is 6.61 Å². The van der Waals surface area contributed by atoms with Gasteiger partial charge in [-0.25, -0.2) is 4.57 Å². The number of benzene rings is 2. The summed E-state index contributed by atoms with van der Waals surface area (Å²) >= 11 is 0. The molecule has 0 saturated heterocycles. The zero-order valence-electron chi connectivity index (χ0n) is 14.8. The van der Waals surface area contributed by atoms with Gasteiger partial charge < -0.3 is 9.05 Å². The number of rotatable bonds is 2. The van der Waals surface area contributed by atoms with Crippen molar-refractivity contribution in [3.63, 3.8) is 0 Å². The second-order valence-electron chi connectivity index (χ2n) is 6.36. The number of fused-ring (bicyclic) bond motifs is 2. The monoisotopic (exact) mass is 346 g/mol. The molecule has 0 aromatic heterocycles. The SMILES string of the molecule is CCOP1(=O)Oc2c(C)cc(C)cc2Cc2cc(C)cc(C)c2O1. The number of aryl methyl sites for hydroxylation is 4. The first-order valence-corrected chi connectivity index (χ1v) is 9.61. The van der Waals surface area contributed by atoms with E-state index in [0.717, 1.165) is 33.4 Å². The van der Waals surface area contributed by atoms with Crippen LogP contribution in [0.5, 0.6) is 11.5 Å². The molecule has 1 heterocycles. The van der Waals surface area contributed by atoms with Crippen LogP contribution in [0.2, 0.25) is 0 Å². The van der Waals surface area contributed by atoms with Crippen molar-refractivity contribution in [2.45, 2.75) is 41.0 Å². The van der Waals surface area contributed by atoms with Crippen molar-refractivity contribution >= 4 is 7.82 Å². The van der Waals surface area contributed by atoms with Crippen molar-refractivity contribution in [3.05, 3.63) is 57.6 Å².